The number of hydrogen-bond donors (Lipinski definition) is 2. The molecular weight excluding hydrogens is 320 g/mol. The van der Waals surface area contributed by atoms with Crippen molar-refractivity contribution in [2.24, 2.45) is 0 Å². The van der Waals surface area contributed by atoms with Crippen LogP contribution in [-0.2, 0) is 11.3 Å². The second-order valence-corrected chi connectivity index (χ2v) is 6.33. The molecule has 0 aliphatic carbocycles. The maximum Gasteiger partial charge on any atom is 0.317 e. The fourth-order valence-corrected chi connectivity index (χ4v) is 2.74. The Balaban J connectivity index is 2.25. The quantitative estimate of drug-likeness (QED) is 0.839. The predicted molar refractivity (Wildman–Crippen MR) is 73.8 cm³/mol. The molecule has 0 aliphatic heterocycles. The zero-order valence-corrected chi connectivity index (χ0v) is 12.4. The largest absolute Gasteiger partial charge is 0.481 e. The molecule has 1 heterocycles. The predicted octanol–water partition coefficient (Wildman–Crippen LogP) is 2.52. The van der Waals surface area contributed by atoms with Crippen molar-refractivity contribution in [2.45, 2.75) is 19.4 Å². The topological polar surface area (TPSA) is 69.6 Å². The summed E-state index contributed by atoms with van der Waals surface area (Å²) in [5.74, 6) is -0.841. The lowest BCUT2D eigenvalue weighted by Crippen LogP contribution is -2.37. The highest BCUT2D eigenvalue weighted by atomic mass is 79.9. The van der Waals surface area contributed by atoms with Crippen LogP contribution in [0.3, 0.4) is 0 Å². The first-order chi connectivity index (χ1) is 8.49. The van der Waals surface area contributed by atoms with Gasteiger partial charge in [0.05, 0.1) is 10.3 Å². The highest BCUT2D eigenvalue weighted by Crippen LogP contribution is 2.21. The van der Waals surface area contributed by atoms with Gasteiger partial charge in [0.1, 0.15) is 0 Å². The Morgan fingerprint density at radius 2 is 2.22 bits per heavy atom. The van der Waals surface area contributed by atoms with E-state index in [9.17, 15) is 9.59 Å². The molecule has 0 spiro atoms. The van der Waals surface area contributed by atoms with Gasteiger partial charge in [0, 0.05) is 24.9 Å². The summed E-state index contributed by atoms with van der Waals surface area (Å²) < 4.78 is 1.03. The number of nitrogens with one attached hydrogen (secondary N) is 1. The molecule has 0 aromatic carbocycles. The number of urea groups is 1. The van der Waals surface area contributed by atoms with Crippen LogP contribution in [0.1, 0.15) is 17.7 Å². The molecule has 1 aromatic heterocycles. The molecule has 100 valence electrons. The first-order valence-electron chi connectivity index (χ1n) is 5.44. The highest BCUT2D eigenvalue weighted by Gasteiger charge is 2.09. The van der Waals surface area contributed by atoms with Crippen LogP contribution in [0.5, 0.6) is 0 Å². The third-order valence-corrected chi connectivity index (χ3v) is 3.90. The number of carbonyl (C=O) groups excluding carboxylic acids is 1. The monoisotopic (exact) mass is 334 g/mol. The molecule has 0 atom stereocenters. The van der Waals surface area contributed by atoms with Crippen molar-refractivity contribution in [3.8, 4) is 0 Å². The number of hydrogen-bond acceptors (Lipinski definition) is 3. The van der Waals surface area contributed by atoms with Gasteiger partial charge in [0.15, 0.2) is 0 Å². The number of thiophene rings is 1. The first-order valence-corrected chi connectivity index (χ1v) is 7.05. The molecule has 0 saturated carbocycles. The number of carboxylic acids is 1. The molecule has 7 heteroatoms. The van der Waals surface area contributed by atoms with Crippen molar-refractivity contribution in [1.29, 1.82) is 0 Å². The Labute approximate surface area is 118 Å². The van der Waals surface area contributed by atoms with Crippen LogP contribution in [0.25, 0.3) is 0 Å². The van der Waals surface area contributed by atoms with E-state index < -0.39 is 5.97 Å². The summed E-state index contributed by atoms with van der Waals surface area (Å²) in [7, 11) is 1.65. The minimum Gasteiger partial charge on any atom is -0.481 e. The molecule has 2 N–H and O–H groups in total. The van der Waals surface area contributed by atoms with E-state index in [1.165, 1.54) is 4.90 Å². The zero-order valence-electron chi connectivity index (χ0n) is 9.98. The van der Waals surface area contributed by atoms with Crippen LogP contribution in [0.15, 0.2) is 15.9 Å². The van der Waals surface area contributed by atoms with E-state index >= 15 is 0 Å². The van der Waals surface area contributed by atoms with E-state index in [2.05, 4.69) is 21.2 Å². The van der Waals surface area contributed by atoms with Crippen LogP contribution in [-0.4, -0.2) is 35.6 Å². The van der Waals surface area contributed by atoms with E-state index in [1.54, 1.807) is 18.4 Å². The maximum atomic E-state index is 11.7. The second kappa shape index (κ2) is 7.38. The highest BCUT2D eigenvalue weighted by molar-refractivity contribution is 9.11. The third-order valence-electron chi connectivity index (χ3n) is 2.27. The van der Waals surface area contributed by atoms with Crippen LogP contribution in [0.4, 0.5) is 4.79 Å². The van der Waals surface area contributed by atoms with Crippen molar-refractivity contribution in [1.82, 2.24) is 10.2 Å². The Hall–Kier alpha value is -1.08. The summed E-state index contributed by atoms with van der Waals surface area (Å²) >= 11 is 4.92. The van der Waals surface area contributed by atoms with Crippen molar-refractivity contribution in [3.05, 3.63) is 20.8 Å². The van der Waals surface area contributed by atoms with Crippen LogP contribution in [0, 0.1) is 0 Å². The molecule has 0 aliphatic rings. The van der Waals surface area contributed by atoms with E-state index in [-0.39, 0.29) is 12.5 Å². The van der Waals surface area contributed by atoms with E-state index in [1.807, 2.05) is 12.1 Å². The van der Waals surface area contributed by atoms with Gasteiger partial charge in [0.2, 0.25) is 0 Å². The number of amides is 2. The molecule has 0 saturated heterocycles. The van der Waals surface area contributed by atoms with Crippen molar-refractivity contribution < 1.29 is 14.7 Å². The Bertz CT molecular complexity index is 422. The summed E-state index contributed by atoms with van der Waals surface area (Å²) in [6, 6.07) is 3.69. The van der Waals surface area contributed by atoms with Crippen molar-refractivity contribution >= 4 is 39.3 Å². The average Bonchev–Trinajstić information content (AvgIpc) is 2.71. The fraction of sp³-hybridized carbons (Fsp3) is 0.455. The smallest absolute Gasteiger partial charge is 0.317 e. The average molecular weight is 335 g/mol. The van der Waals surface area contributed by atoms with Gasteiger partial charge in [-0.05, 0) is 34.5 Å². The van der Waals surface area contributed by atoms with Crippen LogP contribution >= 0.6 is 27.3 Å². The maximum absolute atomic E-state index is 11.7. The summed E-state index contributed by atoms with van der Waals surface area (Å²) in [4.78, 5) is 24.6. The number of nitrogens with zero attached hydrogens (tertiary/aromatic N) is 1. The van der Waals surface area contributed by atoms with Gasteiger partial charge >= 0.3 is 12.0 Å². The van der Waals surface area contributed by atoms with Crippen LogP contribution < -0.4 is 5.32 Å². The fourth-order valence-electron chi connectivity index (χ4n) is 1.31. The lowest BCUT2D eigenvalue weighted by atomic mass is 10.3. The third kappa shape index (κ3) is 5.50. The van der Waals surface area contributed by atoms with Gasteiger partial charge in [-0.2, -0.15) is 0 Å². The lowest BCUT2D eigenvalue weighted by molar-refractivity contribution is -0.137. The van der Waals surface area contributed by atoms with E-state index in [0.29, 0.717) is 19.5 Å². The minimum atomic E-state index is -0.841. The molecular formula is C11H15BrN2O3S. The lowest BCUT2D eigenvalue weighted by Gasteiger charge is -2.17. The van der Waals surface area contributed by atoms with Gasteiger partial charge < -0.3 is 15.3 Å². The number of carboxylic acid groups (broad SMARTS) is 1. The van der Waals surface area contributed by atoms with Crippen LogP contribution in [0.2, 0.25) is 0 Å². The summed E-state index contributed by atoms with van der Waals surface area (Å²) in [6.45, 7) is 0.921. The molecule has 5 nitrogen and oxygen atoms in total. The Morgan fingerprint density at radius 1 is 1.50 bits per heavy atom. The number of halogens is 1. The molecule has 1 aromatic rings. The standard InChI is InChI=1S/C11H15BrN2O3S/c1-14(6-2-3-10(15)16)11(17)13-7-8-4-5-9(12)18-8/h4-5H,2-3,6-7H2,1H3,(H,13,17)(H,15,16). The SMILES string of the molecule is CN(CCCC(=O)O)C(=O)NCc1ccc(Br)s1. The van der Waals surface area contributed by atoms with E-state index in [4.69, 9.17) is 5.11 Å². The van der Waals surface area contributed by atoms with Gasteiger partial charge in [-0.3, -0.25) is 4.79 Å². The normalized spacial score (nSPS) is 10.1. The molecule has 0 unspecified atom stereocenters. The van der Waals surface area contributed by atoms with E-state index in [0.717, 1.165) is 8.66 Å². The number of carbonyl (C=O) groups is 2. The molecule has 1 rings (SSSR count). The number of aliphatic carboxylic acids is 1. The summed E-state index contributed by atoms with van der Waals surface area (Å²) in [6.07, 6.45) is 0.541. The number of rotatable bonds is 6. The van der Waals surface area contributed by atoms with Gasteiger partial charge in [-0.1, -0.05) is 0 Å². The van der Waals surface area contributed by atoms with Gasteiger partial charge in [-0.15, -0.1) is 11.3 Å². The zero-order chi connectivity index (χ0) is 13.5. The van der Waals surface area contributed by atoms with Crippen molar-refractivity contribution in [3.63, 3.8) is 0 Å². The van der Waals surface area contributed by atoms with Gasteiger partial charge in [0.25, 0.3) is 0 Å². The van der Waals surface area contributed by atoms with Crippen molar-refractivity contribution in [2.75, 3.05) is 13.6 Å². The molecule has 0 fully saturated rings. The summed E-state index contributed by atoms with van der Waals surface area (Å²) in [5, 5.41) is 11.3. The molecule has 0 bridgehead atoms. The Morgan fingerprint density at radius 3 is 2.78 bits per heavy atom. The molecule has 0 radical (unpaired) electrons. The summed E-state index contributed by atoms with van der Waals surface area (Å²) in [5.41, 5.74) is 0. The van der Waals surface area contributed by atoms with Gasteiger partial charge in [-0.25, -0.2) is 4.79 Å². The first kappa shape index (κ1) is 15.0. The molecule has 2 amide bonds. The Kier molecular flexibility index (Phi) is 6.14. The molecule has 18 heavy (non-hydrogen) atoms. The minimum absolute atomic E-state index is 0.0789. The second-order valence-electron chi connectivity index (χ2n) is 3.78.